The van der Waals surface area contributed by atoms with Gasteiger partial charge in [0, 0.05) is 47.0 Å². The van der Waals surface area contributed by atoms with Gasteiger partial charge in [0.2, 0.25) is 11.8 Å². The van der Waals surface area contributed by atoms with Gasteiger partial charge < -0.3 is 15.6 Å². The number of carbonyl (C=O) groups excluding carboxylic acids is 2. The van der Waals surface area contributed by atoms with E-state index in [1.165, 1.54) is 0 Å². The Morgan fingerprint density at radius 1 is 1.06 bits per heavy atom. The lowest BCUT2D eigenvalue weighted by molar-refractivity contribution is -0.128. The number of benzene rings is 2. The molecule has 0 saturated heterocycles. The number of anilines is 1. The van der Waals surface area contributed by atoms with Crippen LogP contribution in [-0.2, 0) is 16.0 Å². The lowest BCUT2D eigenvalue weighted by Crippen LogP contribution is -2.46. The zero-order valence-corrected chi connectivity index (χ0v) is 18.4. The number of para-hydroxylation sites is 1. The highest BCUT2D eigenvalue weighted by molar-refractivity contribution is 5.98. The van der Waals surface area contributed by atoms with Gasteiger partial charge >= 0.3 is 0 Å². The molecule has 4 rings (SSSR count). The fourth-order valence-corrected chi connectivity index (χ4v) is 3.65. The van der Waals surface area contributed by atoms with Crippen LogP contribution in [0.1, 0.15) is 25.1 Å². The molecule has 1 unspecified atom stereocenters. The van der Waals surface area contributed by atoms with Gasteiger partial charge in [-0.25, -0.2) is 4.68 Å². The number of aromatic amines is 1. The number of hydrogen-bond acceptors (Lipinski definition) is 3. The van der Waals surface area contributed by atoms with Crippen LogP contribution in [0.4, 0.5) is 5.69 Å². The minimum Gasteiger partial charge on any atom is -0.361 e. The second-order valence-electron chi connectivity index (χ2n) is 8.20. The smallest absolute Gasteiger partial charge is 0.247 e. The second kappa shape index (κ2) is 9.09. The minimum absolute atomic E-state index is 0.161. The van der Waals surface area contributed by atoms with Crippen LogP contribution in [0.5, 0.6) is 0 Å². The normalized spacial score (nSPS) is 12.1. The van der Waals surface area contributed by atoms with Gasteiger partial charge in [-0.3, -0.25) is 9.59 Å². The SMILES string of the molecule is Cc1ccnn1-c1cccc(NC(=O)C(Cc2c[nH]c3ccccc23)NC(=O)C(C)C)c1. The van der Waals surface area contributed by atoms with E-state index in [4.69, 9.17) is 0 Å². The van der Waals surface area contributed by atoms with Gasteiger partial charge in [0.1, 0.15) is 6.04 Å². The summed E-state index contributed by atoms with van der Waals surface area (Å²) in [5.41, 5.74) is 4.47. The molecule has 7 heteroatoms. The first-order valence-corrected chi connectivity index (χ1v) is 10.7. The fraction of sp³-hybridized carbons (Fsp3) is 0.240. The van der Waals surface area contributed by atoms with Crippen LogP contribution < -0.4 is 10.6 Å². The number of rotatable bonds is 7. The summed E-state index contributed by atoms with van der Waals surface area (Å²) in [6.07, 6.45) is 4.01. The third-order valence-corrected chi connectivity index (χ3v) is 5.45. The van der Waals surface area contributed by atoms with Gasteiger partial charge in [-0.2, -0.15) is 5.10 Å². The van der Waals surface area contributed by atoms with E-state index >= 15 is 0 Å². The monoisotopic (exact) mass is 429 g/mol. The molecule has 1 atom stereocenters. The molecule has 0 spiro atoms. The van der Waals surface area contributed by atoms with E-state index in [1.54, 1.807) is 10.9 Å². The molecular formula is C25H27N5O2. The summed E-state index contributed by atoms with van der Waals surface area (Å²) in [7, 11) is 0. The summed E-state index contributed by atoms with van der Waals surface area (Å²) in [5, 5.41) is 11.2. The Bertz CT molecular complexity index is 1250. The first-order valence-electron chi connectivity index (χ1n) is 10.7. The summed E-state index contributed by atoms with van der Waals surface area (Å²) in [6, 6.07) is 16.6. The lowest BCUT2D eigenvalue weighted by atomic mass is 10.0. The third-order valence-electron chi connectivity index (χ3n) is 5.45. The van der Waals surface area contributed by atoms with Crippen molar-refractivity contribution in [2.75, 3.05) is 5.32 Å². The molecule has 0 aliphatic carbocycles. The van der Waals surface area contributed by atoms with Gasteiger partial charge in [0.05, 0.1) is 5.69 Å². The molecular weight excluding hydrogens is 402 g/mol. The van der Waals surface area contributed by atoms with E-state index < -0.39 is 6.04 Å². The van der Waals surface area contributed by atoms with Crippen LogP contribution in [0.2, 0.25) is 0 Å². The van der Waals surface area contributed by atoms with Gasteiger partial charge in [-0.05, 0) is 42.8 Å². The molecule has 7 nitrogen and oxygen atoms in total. The molecule has 0 saturated carbocycles. The Balaban J connectivity index is 1.57. The maximum atomic E-state index is 13.2. The predicted molar refractivity (Wildman–Crippen MR) is 126 cm³/mol. The molecule has 3 N–H and O–H groups in total. The minimum atomic E-state index is -0.709. The molecule has 2 aromatic heterocycles. The summed E-state index contributed by atoms with van der Waals surface area (Å²) >= 11 is 0. The highest BCUT2D eigenvalue weighted by Gasteiger charge is 2.24. The maximum absolute atomic E-state index is 13.2. The maximum Gasteiger partial charge on any atom is 0.247 e. The Morgan fingerprint density at radius 2 is 1.88 bits per heavy atom. The summed E-state index contributed by atoms with van der Waals surface area (Å²) in [6.45, 7) is 5.59. The van der Waals surface area contributed by atoms with Crippen LogP contribution in [0.3, 0.4) is 0 Å². The van der Waals surface area contributed by atoms with Crippen molar-refractivity contribution in [2.45, 2.75) is 33.2 Å². The molecule has 0 fully saturated rings. The number of nitrogens with one attached hydrogen (secondary N) is 3. The van der Waals surface area contributed by atoms with Gasteiger partial charge in [0.25, 0.3) is 0 Å². The Morgan fingerprint density at radius 3 is 2.62 bits per heavy atom. The molecule has 2 heterocycles. The van der Waals surface area contributed by atoms with E-state index in [-0.39, 0.29) is 17.7 Å². The molecule has 0 aliphatic rings. The average Bonchev–Trinajstić information content (AvgIpc) is 3.39. The third kappa shape index (κ3) is 4.56. The van der Waals surface area contributed by atoms with E-state index in [0.29, 0.717) is 12.1 Å². The van der Waals surface area contributed by atoms with E-state index in [0.717, 1.165) is 27.8 Å². The van der Waals surface area contributed by atoms with E-state index in [9.17, 15) is 9.59 Å². The molecule has 0 radical (unpaired) electrons. The number of fused-ring (bicyclic) bond motifs is 1. The van der Waals surface area contributed by atoms with Crippen molar-refractivity contribution in [2.24, 2.45) is 5.92 Å². The molecule has 2 amide bonds. The molecule has 0 bridgehead atoms. The summed E-state index contributed by atoms with van der Waals surface area (Å²) in [5.74, 6) is -0.649. The standard InChI is InChI=1S/C25H27N5O2/c1-16(2)24(31)29-23(13-18-15-26-22-10-5-4-9-21(18)22)25(32)28-19-7-6-8-20(14-19)30-17(3)11-12-27-30/h4-12,14-16,23,26H,13H2,1-3H3,(H,28,32)(H,29,31). The molecule has 2 aromatic carbocycles. The van der Waals surface area contributed by atoms with Crippen molar-refractivity contribution < 1.29 is 9.59 Å². The van der Waals surface area contributed by atoms with Crippen LogP contribution >= 0.6 is 0 Å². The van der Waals surface area contributed by atoms with Gasteiger partial charge in [-0.1, -0.05) is 38.1 Å². The number of hydrogen-bond donors (Lipinski definition) is 3. The van der Waals surface area contributed by atoms with E-state index in [1.807, 2.05) is 81.6 Å². The number of aromatic nitrogens is 3. The molecule has 164 valence electrons. The molecule has 0 aliphatic heterocycles. The predicted octanol–water partition coefficient (Wildman–Crippen LogP) is 3.98. The Labute approximate surface area is 186 Å². The number of amides is 2. The average molecular weight is 430 g/mol. The molecule has 4 aromatic rings. The number of nitrogens with zero attached hydrogens (tertiary/aromatic N) is 2. The largest absolute Gasteiger partial charge is 0.361 e. The van der Waals surface area contributed by atoms with Crippen molar-refractivity contribution in [3.8, 4) is 5.69 Å². The van der Waals surface area contributed by atoms with Crippen LogP contribution in [0, 0.1) is 12.8 Å². The highest BCUT2D eigenvalue weighted by Crippen LogP contribution is 2.21. The van der Waals surface area contributed by atoms with Gasteiger partial charge in [-0.15, -0.1) is 0 Å². The van der Waals surface area contributed by atoms with Crippen molar-refractivity contribution in [1.82, 2.24) is 20.1 Å². The number of H-pyrrole nitrogens is 1. The van der Waals surface area contributed by atoms with Crippen LogP contribution in [0.15, 0.2) is 67.0 Å². The van der Waals surface area contributed by atoms with Crippen LogP contribution in [0.25, 0.3) is 16.6 Å². The van der Waals surface area contributed by atoms with Crippen molar-refractivity contribution >= 4 is 28.4 Å². The second-order valence-corrected chi connectivity index (χ2v) is 8.20. The zero-order valence-electron chi connectivity index (χ0n) is 18.4. The highest BCUT2D eigenvalue weighted by atomic mass is 16.2. The van der Waals surface area contributed by atoms with Crippen LogP contribution in [-0.4, -0.2) is 32.6 Å². The summed E-state index contributed by atoms with van der Waals surface area (Å²) in [4.78, 5) is 28.9. The topological polar surface area (TPSA) is 91.8 Å². The van der Waals surface area contributed by atoms with E-state index in [2.05, 4.69) is 20.7 Å². The molecule has 32 heavy (non-hydrogen) atoms. The number of aryl methyl sites for hydroxylation is 1. The fourth-order valence-electron chi connectivity index (χ4n) is 3.65. The first kappa shape index (κ1) is 21.4. The number of carbonyl (C=O) groups is 2. The van der Waals surface area contributed by atoms with Crippen molar-refractivity contribution in [3.63, 3.8) is 0 Å². The Kier molecular flexibility index (Phi) is 6.07. The first-order chi connectivity index (χ1) is 15.4. The van der Waals surface area contributed by atoms with Gasteiger partial charge in [0.15, 0.2) is 0 Å². The Hall–Kier alpha value is -3.87. The quantitative estimate of drug-likeness (QED) is 0.415. The summed E-state index contributed by atoms with van der Waals surface area (Å²) < 4.78 is 1.81. The van der Waals surface area contributed by atoms with Crippen molar-refractivity contribution in [3.05, 3.63) is 78.2 Å². The van der Waals surface area contributed by atoms with Crippen molar-refractivity contribution in [1.29, 1.82) is 0 Å². The lowest BCUT2D eigenvalue weighted by Gasteiger charge is -2.20. The zero-order chi connectivity index (χ0) is 22.7.